The van der Waals surface area contributed by atoms with Gasteiger partial charge in [0.25, 0.3) is 0 Å². The van der Waals surface area contributed by atoms with Gasteiger partial charge in [-0.15, -0.1) is 0 Å². The summed E-state index contributed by atoms with van der Waals surface area (Å²) in [6.07, 6.45) is 3.86. The van der Waals surface area contributed by atoms with Crippen molar-refractivity contribution in [2.45, 2.75) is 131 Å². The van der Waals surface area contributed by atoms with Crippen LogP contribution in [0.15, 0.2) is 97.5 Å². The molecular weight excluding hydrogens is 641 g/mol. The number of hydrogen-bond donors (Lipinski definition) is 2. The maximum absolute atomic E-state index is 5.57. The fraction of sp³-hybridized carbons (Fsp3) is 0.478. The van der Waals surface area contributed by atoms with Crippen LogP contribution >= 0.6 is 0 Å². The molecule has 6 nitrogen and oxygen atoms in total. The molecule has 0 fully saturated rings. The molecule has 5 rings (SSSR count). The zero-order chi connectivity index (χ0) is 39.2. The number of ether oxygens (including phenoxy) is 2. The first-order valence-corrected chi connectivity index (χ1v) is 18.6. The molecule has 6 heteroatoms. The number of aromatic nitrogens is 3. The number of para-hydroxylation sites is 1. The molecule has 0 spiro atoms. The van der Waals surface area contributed by atoms with E-state index in [1.807, 2.05) is 32.2 Å². The van der Waals surface area contributed by atoms with Crippen molar-refractivity contribution < 1.29 is 9.47 Å². The second-order valence-electron chi connectivity index (χ2n) is 17.6. The van der Waals surface area contributed by atoms with Gasteiger partial charge in [0, 0.05) is 6.20 Å². The van der Waals surface area contributed by atoms with E-state index in [0.29, 0.717) is 31.1 Å². The maximum atomic E-state index is 5.57. The van der Waals surface area contributed by atoms with Gasteiger partial charge in [-0.1, -0.05) is 156 Å². The van der Waals surface area contributed by atoms with Crippen LogP contribution in [0.25, 0.3) is 11.0 Å². The molecule has 2 heterocycles. The smallest absolute Gasteiger partial charge is 0.123 e. The molecule has 3 aromatic carbocycles. The van der Waals surface area contributed by atoms with E-state index >= 15 is 0 Å². The van der Waals surface area contributed by atoms with Crippen LogP contribution in [0.4, 0.5) is 5.82 Å². The highest BCUT2D eigenvalue weighted by Gasteiger charge is 2.17. The average molecular weight is 709 g/mol. The minimum atomic E-state index is 0.161. The maximum Gasteiger partial charge on any atom is 0.123 e. The monoisotopic (exact) mass is 709 g/mol. The lowest BCUT2D eigenvalue weighted by molar-refractivity contribution is 0.0143. The second-order valence-corrected chi connectivity index (χ2v) is 17.6. The highest BCUT2D eigenvalue weighted by atomic mass is 16.5. The summed E-state index contributed by atoms with van der Waals surface area (Å²) in [5, 5.41) is 0. The number of nitrogens with one attached hydrogen (secondary N) is 1. The summed E-state index contributed by atoms with van der Waals surface area (Å²) in [5.74, 6) is 0.581. The molecular formula is C46H68N4O2. The molecule has 0 radical (unpaired) electrons. The zero-order valence-corrected chi connectivity index (χ0v) is 34.7. The quantitative estimate of drug-likeness (QED) is 0.172. The summed E-state index contributed by atoms with van der Waals surface area (Å²) in [7, 11) is 0. The number of H-pyrrole nitrogens is 1. The van der Waals surface area contributed by atoms with E-state index in [9.17, 15) is 0 Å². The number of pyridine rings is 1. The van der Waals surface area contributed by atoms with Crippen LogP contribution in [0, 0.1) is 0 Å². The molecule has 0 saturated heterocycles. The molecule has 3 N–H and O–H groups in total. The average Bonchev–Trinajstić information content (AvgIpc) is 3.54. The lowest BCUT2D eigenvalue weighted by Gasteiger charge is -2.19. The minimum Gasteiger partial charge on any atom is -0.384 e. The molecule has 0 atom stereocenters. The Kier molecular flexibility index (Phi) is 16.8. The van der Waals surface area contributed by atoms with Gasteiger partial charge in [-0.05, 0) is 75.5 Å². The summed E-state index contributed by atoms with van der Waals surface area (Å²) in [6.45, 7) is 32.5. The van der Waals surface area contributed by atoms with E-state index < -0.39 is 0 Å². The third kappa shape index (κ3) is 16.1. The van der Waals surface area contributed by atoms with E-state index in [4.69, 9.17) is 15.2 Å². The number of anilines is 1. The lowest BCUT2D eigenvalue weighted by Crippen LogP contribution is -2.11. The largest absolute Gasteiger partial charge is 0.384 e. The number of rotatable bonds is 6. The minimum absolute atomic E-state index is 0.161. The summed E-state index contributed by atoms with van der Waals surface area (Å²) in [4.78, 5) is 11.5. The number of imidazole rings is 1. The van der Waals surface area contributed by atoms with Gasteiger partial charge >= 0.3 is 0 Å². The van der Waals surface area contributed by atoms with Crippen molar-refractivity contribution in [2.24, 2.45) is 0 Å². The molecule has 0 aliphatic carbocycles. The Bertz CT molecular complexity index is 1700. The van der Waals surface area contributed by atoms with Crippen LogP contribution < -0.4 is 5.73 Å². The number of benzene rings is 3. The first-order chi connectivity index (χ1) is 24.1. The van der Waals surface area contributed by atoms with Crippen LogP contribution in [0.5, 0.6) is 0 Å². The first-order valence-electron chi connectivity index (χ1n) is 18.6. The topological polar surface area (TPSA) is 86.1 Å². The summed E-state index contributed by atoms with van der Waals surface area (Å²) in [6, 6.07) is 29.3. The van der Waals surface area contributed by atoms with Crippen molar-refractivity contribution in [1.29, 1.82) is 0 Å². The predicted molar refractivity (Wildman–Crippen MR) is 223 cm³/mol. The third-order valence-electron chi connectivity index (χ3n) is 8.32. The number of nitrogens with zero attached hydrogens (tertiary/aromatic N) is 2. The molecule has 284 valence electrons. The molecule has 2 aromatic heterocycles. The van der Waals surface area contributed by atoms with Crippen LogP contribution in [0.1, 0.15) is 125 Å². The van der Waals surface area contributed by atoms with Gasteiger partial charge in [-0.2, -0.15) is 0 Å². The third-order valence-corrected chi connectivity index (χ3v) is 8.32. The van der Waals surface area contributed by atoms with Gasteiger partial charge in [-0.25, -0.2) is 9.97 Å². The number of fused-ring (bicyclic) bond motifs is 1. The van der Waals surface area contributed by atoms with Crippen molar-refractivity contribution in [3.8, 4) is 0 Å². The normalized spacial score (nSPS) is 11.9. The molecule has 52 heavy (non-hydrogen) atoms. The van der Waals surface area contributed by atoms with Gasteiger partial charge in [0.05, 0.1) is 43.3 Å². The molecule has 0 saturated carbocycles. The predicted octanol–water partition coefficient (Wildman–Crippen LogP) is 11.7. The molecule has 0 amide bonds. The van der Waals surface area contributed by atoms with Gasteiger partial charge < -0.3 is 20.2 Å². The Morgan fingerprint density at radius 2 is 1.15 bits per heavy atom. The van der Waals surface area contributed by atoms with Gasteiger partial charge in [0.2, 0.25) is 0 Å². The number of aromatic amines is 1. The Balaban J connectivity index is 0.000000246. The Hall–Kier alpha value is -4.00. The van der Waals surface area contributed by atoms with E-state index in [1.165, 1.54) is 27.8 Å². The molecule has 0 aliphatic heterocycles. The van der Waals surface area contributed by atoms with Crippen molar-refractivity contribution in [3.63, 3.8) is 0 Å². The Labute approximate surface area is 316 Å². The van der Waals surface area contributed by atoms with E-state index in [0.717, 1.165) is 11.0 Å². The van der Waals surface area contributed by atoms with Crippen molar-refractivity contribution in [3.05, 3.63) is 125 Å². The summed E-state index contributed by atoms with van der Waals surface area (Å²) in [5.41, 5.74) is 15.0. The molecule has 5 aromatic rings. The Morgan fingerprint density at radius 1 is 0.596 bits per heavy atom. The zero-order valence-electron chi connectivity index (χ0n) is 34.7. The fourth-order valence-electron chi connectivity index (χ4n) is 4.99. The van der Waals surface area contributed by atoms with Gasteiger partial charge in [0.1, 0.15) is 5.82 Å². The molecule has 0 aliphatic rings. The van der Waals surface area contributed by atoms with Crippen LogP contribution in [0.3, 0.4) is 0 Å². The molecule has 0 bridgehead atoms. The SMILES string of the molecule is CC(C)(C)c1ccc(N)nc1.CC(C)(C)c1cccc2[nH]cnc12.CC(C)(C)c1ccccc1.CC(C)OCCOCc1ccc(C(C)(C)C)cc1. The second kappa shape index (κ2) is 19.7. The summed E-state index contributed by atoms with van der Waals surface area (Å²) < 4.78 is 11.0. The van der Waals surface area contributed by atoms with Crippen LogP contribution in [-0.4, -0.2) is 34.3 Å². The van der Waals surface area contributed by atoms with Gasteiger partial charge in [-0.3, -0.25) is 0 Å². The number of nitrogen functional groups attached to an aromatic ring is 1. The highest BCUT2D eigenvalue weighted by molar-refractivity contribution is 5.79. The highest BCUT2D eigenvalue weighted by Crippen LogP contribution is 2.28. The Morgan fingerprint density at radius 3 is 1.63 bits per heavy atom. The number of hydrogen-bond acceptors (Lipinski definition) is 5. The fourth-order valence-corrected chi connectivity index (χ4v) is 4.99. The van der Waals surface area contributed by atoms with Crippen molar-refractivity contribution in [1.82, 2.24) is 15.0 Å². The van der Waals surface area contributed by atoms with Gasteiger partial charge in [0.15, 0.2) is 0 Å². The summed E-state index contributed by atoms with van der Waals surface area (Å²) >= 11 is 0. The van der Waals surface area contributed by atoms with E-state index in [2.05, 4.69) is 171 Å². The van der Waals surface area contributed by atoms with E-state index in [-0.39, 0.29) is 22.3 Å². The molecule has 0 unspecified atom stereocenters. The standard InChI is InChI=1S/C16H26O2.C11H14N2.C10H14.C9H14N2/c1-13(2)18-11-10-17-12-14-6-8-15(9-7-14)16(3,4)5;1-11(2,3)8-5-4-6-9-10(8)13-7-12-9;1-10(2,3)9-7-5-4-6-8-9;1-9(2,3)7-4-5-8(10)11-6-7/h6-9,13H,10-12H2,1-5H3;4-7H,1-3H3,(H,12,13);4-8H,1-3H3;4-6H,1-3H3,(H2,10,11). The van der Waals surface area contributed by atoms with Crippen LogP contribution in [-0.2, 0) is 37.7 Å². The lowest BCUT2D eigenvalue weighted by atomic mass is 9.86. The van der Waals surface area contributed by atoms with E-state index in [1.54, 1.807) is 6.33 Å². The number of nitrogens with two attached hydrogens (primary N) is 1. The first kappa shape index (κ1) is 44.2. The van der Waals surface area contributed by atoms with Crippen molar-refractivity contribution in [2.75, 3.05) is 18.9 Å². The van der Waals surface area contributed by atoms with Crippen LogP contribution in [0.2, 0.25) is 0 Å². The van der Waals surface area contributed by atoms with Crippen molar-refractivity contribution >= 4 is 16.9 Å².